The van der Waals surface area contributed by atoms with Crippen LogP contribution >= 0.6 is 11.8 Å². The molecule has 1 aromatic heterocycles. The van der Waals surface area contributed by atoms with Crippen LogP contribution in [0, 0.1) is 0 Å². The molecule has 0 bridgehead atoms. The summed E-state index contributed by atoms with van der Waals surface area (Å²) in [7, 11) is 0. The summed E-state index contributed by atoms with van der Waals surface area (Å²) in [5, 5.41) is 7.92. The molecule has 0 spiro atoms. The second-order valence-electron chi connectivity index (χ2n) is 3.99. The van der Waals surface area contributed by atoms with Crippen molar-refractivity contribution in [3.63, 3.8) is 0 Å². The summed E-state index contributed by atoms with van der Waals surface area (Å²) in [5.74, 6) is 0.938. The first-order valence-corrected chi connectivity index (χ1v) is 6.94. The summed E-state index contributed by atoms with van der Waals surface area (Å²) >= 11 is 1.64. The third-order valence-electron chi connectivity index (χ3n) is 2.75. The molecule has 4 nitrogen and oxygen atoms in total. The number of nitrogens with zero attached hydrogens (tertiary/aromatic N) is 2. The van der Waals surface area contributed by atoms with Gasteiger partial charge in [-0.2, -0.15) is 0 Å². The lowest BCUT2D eigenvalue weighted by atomic mass is 10.1. The Balaban J connectivity index is 1.96. The molecular formula is C11H18N4S. The van der Waals surface area contributed by atoms with Crippen LogP contribution in [0.15, 0.2) is 17.4 Å². The molecule has 2 heterocycles. The van der Waals surface area contributed by atoms with Gasteiger partial charge in [0.15, 0.2) is 0 Å². The molecule has 1 atom stereocenters. The van der Waals surface area contributed by atoms with Gasteiger partial charge in [0.05, 0.1) is 0 Å². The maximum Gasteiger partial charge on any atom is 0.130 e. The normalized spacial score (nSPS) is 21.4. The highest BCUT2D eigenvalue weighted by atomic mass is 32.2. The minimum Gasteiger partial charge on any atom is -0.366 e. The molecule has 0 aliphatic carbocycles. The van der Waals surface area contributed by atoms with Crippen molar-refractivity contribution >= 4 is 17.6 Å². The summed E-state index contributed by atoms with van der Waals surface area (Å²) in [6.07, 6.45) is 7.42. The third kappa shape index (κ3) is 3.35. The van der Waals surface area contributed by atoms with Crippen LogP contribution in [0.1, 0.15) is 19.3 Å². The van der Waals surface area contributed by atoms with Crippen molar-refractivity contribution in [2.24, 2.45) is 0 Å². The monoisotopic (exact) mass is 238 g/mol. The molecule has 1 saturated heterocycles. The second kappa shape index (κ2) is 6.06. The molecule has 1 aliphatic heterocycles. The largest absolute Gasteiger partial charge is 0.366 e. The molecule has 88 valence electrons. The van der Waals surface area contributed by atoms with Crippen LogP contribution in [-0.2, 0) is 0 Å². The smallest absolute Gasteiger partial charge is 0.130 e. The molecule has 0 radical (unpaired) electrons. The summed E-state index contributed by atoms with van der Waals surface area (Å²) in [6.45, 7) is 2.16. The first-order chi connectivity index (χ1) is 7.88. The second-order valence-corrected chi connectivity index (χ2v) is 4.81. The Bertz CT molecular complexity index is 324. The zero-order chi connectivity index (χ0) is 11.2. The van der Waals surface area contributed by atoms with Crippen LogP contribution in [0.4, 0.5) is 5.82 Å². The third-order valence-corrected chi connectivity index (χ3v) is 3.39. The van der Waals surface area contributed by atoms with Crippen molar-refractivity contribution in [3.8, 4) is 0 Å². The quantitative estimate of drug-likeness (QED) is 0.620. The predicted octanol–water partition coefficient (Wildman–Crippen LogP) is 1.75. The summed E-state index contributed by atoms with van der Waals surface area (Å²) in [5.41, 5.74) is 0. The Hall–Kier alpha value is -0.810. The van der Waals surface area contributed by atoms with E-state index >= 15 is 0 Å². The number of aromatic nitrogens is 2. The molecule has 0 aromatic carbocycles. The van der Waals surface area contributed by atoms with Crippen LogP contribution in [0.2, 0.25) is 0 Å². The van der Waals surface area contributed by atoms with E-state index in [1.807, 2.05) is 12.3 Å². The average molecular weight is 238 g/mol. The Morgan fingerprint density at radius 2 is 2.38 bits per heavy atom. The summed E-state index contributed by atoms with van der Waals surface area (Å²) in [6, 6.07) is 2.50. The fraction of sp³-hybridized carbons (Fsp3) is 0.636. The lowest BCUT2D eigenvalue weighted by Gasteiger charge is -2.16. The van der Waals surface area contributed by atoms with Crippen LogP contribution in [0.3, 0.4) is 0 Å². The Morgan fingerprint density at radius 1 is 1.44 bits per heavy atom. The number of thioether (sulfide) groups is 1. The molecule has 0 amide bonds. The zero-order valence-corrected chi connectivity index (χ0v) is 10.4. The van der Waals surface area contributed by atoms with Gasteiger partial charge in [-0.1, -0.05) is 6.42 Å². The van der Waals surface area contributed by atoms with Gasteiger partial charge in [0.1, 0.15) is 17.2 Å². The van der Waals surface area contributed by atoms with E-state index in [9.17, 15) is 0 Å². The van der Waals surface area contributed by atoms with Crippen LogP contribution in [0.5, 0.6) is 0 Å². The Kier molecular flexibility index (Phi) is 4.42. The number of hydrogen-bond donors (Lipinski definition) is 2. The van der Waals surface area contributed by atoms with Crippen molar-refractivity contribution in [1.82, 2.24) is 15.3 Å². The minimum atomic E-state index is 0.493. The van der Waals surface area contributed by atoms with Gasteiger partial charge < -0.3 is 10.6 Å². The van der Waals surface area contributed by atoms with E-state index < -0.39 is 0 Å². The van der Waals surface area contributed by atoms with Crippen molar-refractivity contribution in [3.05, 3.63) is 12.4 Å². The van der Waals surface area contributed by atoms with E-state index in [1.165, 1.54) is 19.3 Å². The molecule has 5 heteroatoms. The van der Waals surface area contributed by atoms with Crippen molar-refractivity contribution in [2.45, 2.75) is 30.3 Å². The average Bonchev–Trinajstić information content (AvgIpc) is 2.58. The van der Waals surface area contributed by atoms with Gasteiger partial charge >= 0.3 is 0 Å². The van der Waals surface area contributed by atoms with Crippen LogP contribution in [0.25, 0.3) is 0 Å². The SMILES string of the molecule is CSc1cc(NC2CCCCNC2)ncn1. The minimum absolute atomic E-state index is 0.493. The van der Waals surface area contributed by atoms with Crippen LogP contribution < -0.4 is 10.6 Å². The zero-order valence-electron chi connectivity index (χ0n) is 9.57. The van der Waals surface area contributed by atoms with Gasteiger partial charge in [-0.15, -0.1) is 11.8 Å². The van der Waals surface area contributed by atoms with Crippen LogP contribution in [-0.4, -0.2) is 35.4 Å². The molecule has 1 fully saturated rings. The topological polar surface area (TPSA) is 49.8 Å². The first-order valence-electron chi connectivity index (χ1n) is 5.72. The number of rotatable bonds is 3. The van der Waals surface area contributed by atoms with E-state index in [0.717, 1.165) is 23.9 Å². The number of anilines is 1. The van der Waals surface area contributed by atoms with Crippen molar-refractivity contribution in [1.29, 1.82) is 0 Å². The van der Waals surface area contributed by atoms with Gasteiger partial charge in [-0.25, -0.2) is 9.97 Å². The summed E-state index contributed by atoms with van der Waals surface area (Å²) < 4.78 is 0. The lowest BCUT2D eigenvalue weighted by Crippen LogP contribution is -2.31. The Morgan fingerprint density at radius 3 is 3.25 bits per heavy atom. The van der Waals surface area contributed by atoms with Gasteiger partial charge in [-0.3, -0.25) is 0 Å². The maximum atomic E-state index is 4.25. The van der Waals surface area contributed by atoms with Crippen molar-refractivity contribution < 1.29 is 0 Å². The van der Waals surface area contributed by atoms with Gasteiger partial charge in [0, 0.05) is 18.7 Å². The van der Waals surface area contributed by atoms with E-state index in [0.29, 0.717) is 6.04 Å². The van der Waals surface area contributed by atoms with E-state index in [2.05, 4.69) is 20.6 Å². The molecule has 1 aliphatic rings. The van der Waals surface area contributed by atoms with E-state index in [-0.39, 0.29) is 0 Å². The Labute approximate surface area is 101 Å². The predicted molar refractivity (Wildman–Crippen MR) is 67.9 cm³/mol. The highest BCUT2D eigenvalue weighted by Crippen LogP contribution is 2.16. The molecular weight excluding hydrogens is 220 g/mol. The standard InChI is InChI=1S/C11H18N4S/c1-16-11-6-10(13-8-14-11)15-9-4-2-3-5-12-7-9/h6,8-9,12H,2-5,7H2,1H3,(H,13,14,15). The van der Waals surface area contributed by atoms with E-state index in [1.54, 1.807) is 18.1 Å². The molecule has 2 rings (SSSR count). The van der Waals surface area contributed by atoms with Crippen molar-refractivity contribution in [2.75, 3.05) is 24.7 Å². The molecule has 1 aromatic rings. The molecule has 1 unspecified atom stereocenters. The maximum absolute atomic E-state index is 4.25. The molecule has 2 N–H and O–H groups in total. The lowest BCUT2D eigenvalue weighted by molar-refractivity contribution is 0.633. The van der Waals surface area contributed by atoms with E-state index in [4.69, 9.17) is 0 Å². The molecule has 0 saturated carbocycles. The highest BCUT2D eigenvalue weighted by molar-refractivity contribution is 7.98. The summed E-state index contributed by atoms with van der Waals surface area (Å²) in [4.78, 5) is 8.41. The number of hydrogen-bond acceptors (Lipinski definition) is 5. The molecule has 16 heavy (non-hydrogen) atoms. The fourth-order valence-electron chi connectivity index (χ4n) is 1.88. The first kappa shape index (κ1) is 11.7. The highest BCUT2D eigenvalue weighted by Gasteiger charge is 2.11. The number of nitrogens with one attached hydrogen (secondary N) is 2. The van der Waals surface area contributed by atoms with Gasteiger partial charge in [0.25, 0.3) is 0 Å². The fourth-order valence-corrected chi connectivity index (χ4v) is 2.26. The van der Waals surface area contributed by atoms with Gasteiger partial charge in [-0.05, 0) is 25.6 Å². The van der Waals surface area contributed by atoms with Gasteiger partial charge in [0.2, 0.25) is 0 Å².